The molecule has 0 spiro atoms. The summed E-state index contributed by atoms with van der Waals surface area (Å²) in [5.74, 6) is -0.494. The largest absolute Gasteiger partial charge is 0.416 e. The molecular weight excluding hydrogens is 329 g/mol. The molecule has 0 unspecified atom stereocenters. The van der Waals surface area contributed by atoms with E-state index in [1.54, 1.807) is 12.1 Å². The predicted molar refractivity (Wildman–Crippen MR) is 84.8 cm³/mol. The van der Waals surface area contributed by atoms with Crippen molar-refractivity contribution < 1.29 is 18.0 Å². The van der Waals surface area contributed by atoms with Crippen LogP contribution in [0.2, 0.25) is 5.02 Å². The summed E-state index contributed by atoms with van der Waals surface area (Å²) in [5.41, 5.74) is 0.873. The van der Waals surface area contributed by atoms with E-state index in [1.807, 2.05) is 19.1 Å². The van der Waals surface area contributed by atoms with E-state index in [1.165, 1.54) is 0 Å². The fourth-order valence-corrected chi connectivity index (χ4v) is 2.01. The molecule has 1 amide bonds. The number of alkyl halides is 3. The first-order valence-electron chi connectivity index (χ1n) is 6.73. The van der Waals surface area contributed by atoms with E-state index in [0.29, 0.717) is 0 Å². The van der Waals surface area contributed by atoms with Crippen LogP contribution in [0.3, 0.4) is 0 Å². The minimum absolute atomic E-state index is 0.0432. The van der Waals surface area contributed by atoms with Crippen molar-refractivity contribution in [3.63, 3.8) is 0 Å². The number of hydrogen-bond acceptors (Lipinski definition) is 2. The molecule has 23 heavy (non-hydrogen) atoms. The number of amides is 1. The van der Waals surface area contributed by atoms with Gasteiger partial charge in [-0.1, -0.05) is 29.3 Å². The van der Waals surface area contributed by atoms with Gasteiger partial charge in [-0.05, 0) is 37.3 Å². The smallest absolute Gasteiger partial charge is 0.376 e. The lowest BCUT2D eigenvalue weighted by Crippen LogP contribution is -2.22. The topological polar surface area (TPSA) is 41.1 Å². The van der Waals surface area contributed by atoms with E-state index in [0.717, 1.165) is 29.4 Å². The van der Waals surface area contributed by atoms with Crippen molar-refractivity contribution in [1.29, 1.82) is 0 Å². The molecule has 0 saturated carbocycles. The number of aryl methyl sites for hydroxylation is 1. The van der Waals surface area contributed by atoms with Crippen LogP contribution in [0.1, 0.15) is 11.1 Å². The van der Waals surface area contributed by atoms with Crippen LogP contribution in [-0.4, -0.2) is 12.5 Å². The maximum absolute atomic E-state index is 12.7. The van der Waals surface area contributed by atoms with Gasteiger partial charge in [-0.25, -0.2) is 0 Å². The Balaban J connectivity index is 2.01. The van der Waals surface area contributed by atoms with E-state index in [-0.39, 0.29) is 17.3 Å². The summed E-state index contributed by atoms with van der Waals surface area (Å²) in [7, 11) is 0. The average molecular weight is 343 g/mol. The zero-order valence-corrected chi connectivity index (χ0v) is 12.9. The predicted octanol–water partition coefficient (Wildman–Crippen LogP) is 4.72. The summed E-state index contributed by atoms with van der Waals surface area (Å²) in [6.07, 6.45) is -4.50. The number of halogens is 4. The van der Waals surface area contributed by atoms with Crippen molar-refractivity contribution in [2.24, 2.45) is 0 Å². The molecule has 2 aromatic rings. The van der Waals surface area contributed by atoms with Crippen LogP contribution in [0.25, 0.3) is 0 Å². The molecule has 0 aliphatic carbocycles. The Bertz CT molecular complexity index is 699. The van der Waals surface area contributed by atoms with Gasteiger partial charge in [0.15, 0.2) is 0 Å². The molecule has 2 N–H and O–H groups in total. The molecule has 0 radical (unpaired) electrons. The summed E-state index contributed by atoms with van der Waals surface area (Å²) in [5, 5.41) is 5.29. The van der Waals surface area contributed by atoms with E-state index >= 15 is 0 Å². The third-order valence-electron chi connectivity index (χ3n) is 3.07. The summed E-state index contributed by atoms with van der Waals surface area (Å²) in [6.45, 7) is 1.85. The second kappa shape index (κ2) is 6.91. The minimum atomic E-state index is -4.50. The van der Waals surface area contributed by atoms with Crippen LogP contribution < -0.4 is 10.6 Å². The van der Waals surface area contributed by atoms with E-state index < -0.39 is 17.6 Å². The van der Waals surface area contributed by atoms with Gasteiger partial charge in [0.05, 0.1) is 22.8 Å². The lowest BCUT2D eigenvalue weighted by atomic mass is 10.2. The molecule has 0 aliphatic heterocycles. The summed E-state index contributed by atoms with van der Waals surface area (Å²) in [6, 6.07) is 10.1. The van der Waals surface area contributed by atoms with Crippen LogP contribution in [0.4, 0.5) is 24.5 Å². The molecule has 0 bridgehead atoms. The monoisotopic (exact) mass is 342 g/mol. The standard InChI is InChI=1S/C16H14ClF3N2O/c1-10-2-5-12(6-3-10)21-9-15(23)22-14-8-11(16(18,19)20)4-7-13(14)17/h2-8,21H,9H2,1H3,(H,22,23). The van der Waals surface area contributed by atoms with Gasteiger partial charge in [-0.15, -0.1) is 0 Å². The van der Waals surface area contributed by atoms with Crippen LogP contribution >= 0.6 is 11.6 Å². The molecular formula is C16H14ClF3N2O. The van der Waals surface area contributed by atoms with E-state index in [9.17, 15) is 18.0 Å². The fourth-order valence-electron chi connectivity index (χ4n) is 1.85. The summed E-state index contributed by atoms with van der Waals surface area (Å²) < 4.78 is 38.0. The first-order chi connectivity index (χ1) is 10.8. The van der Waals surface area contributed by atoms with Crippen molar-refractivity contribution in [1.82, 2.24) is 0 Å². The number of hydrogen-bond donors (Lipinski definition) is 2. The van der Waals surface area contributed by atoms with Gasteiger partial charge in [0.2, 0.25) is 5.91 Å². The Morgan fingerprint density at radius 2 is 1.78 bits per heavy atom. The third-order valence-corrected chi connectivity index (χ3v) is 3.40. The molecule has 122 valence electrons. The molecule has 0 heterocycles. The van der Waals surface area contributed by atoms with Crippen molar-refractivity contribution in [3.8, 4) is 0 Å². The van der Waals surface area contributed by atoms with Gasteiger partial charge >= 0.3 is 6.18 Å². The molecule has 0 fully saturated rings. The Labute approximate surface area is 136 Å². The maximum Gasteiger partial charge on any atom is 0.416 e. The molecule has 3 nitrogen and oxygen atoms in total. The van der Waals surface area contributed by atoms with Gasteiger partial charge in [0, 0.05) is 5.69 Å². The number of nitrogens with one attached hydrogen (secondary N) is 2. The van der Waals surface area contributed by atoms with Crippen LogP contribution in [0.15, 0.2) is 42.5 Å². The maximum atomic E-state index is 12.7. The highest BCUT2D eigenvalue weighted by atomic mass is 35.5. The molecule has 0 saturated heterocycles. The van der Waals surface area contributed by atoms with Gasteiger partial charge in [-0.2, -0.15) is 13.2 Å². The molecule has 2 aromatic carbocycles. The van der Waals surface area contributed by atoms with Crippen molar-refractivity contribution in [2.75, 3.05) is 17.2 Å². The second-order valence-corrected chi connectivity index (χ2v) is 5.37. The molecule has 0 atom stereocenters. The fraction of sp³-hybridized carbons (Fsp3) is 0.188. The third kappa shape index (κ3) is 4.89. The molecule has 0 aromatic heterocycles. The first kappa shape index (κ1) is 17.1. The lowest BCUT2D eigenvalue weighted by Gasteiger charge is -2.12. The number of carbonyl (C=O) groups excluding carboxylic acids is 1. The number of rotatable bonds is 4. The number of carbonyl (C=O) groups is 1. The van der Waals surface area contributed by atoms with Crippen molar-refractivity contribution >= 4 is 28.9 Å². The number of anilines is 2. The second-order valence-electron chi connectivity index (χ2n) is 4.96. The van der Waals surface area contributed by atoms with Gasteiger partial charge in [0.25, 0.3) is 0 Å². The zero-order valence-electron chi connectivity index (χ0n) is 12.2. The quantitative estimate of drug-likeness (QED) is 0.844. The van der Waals surface area contributed by atoms with Gasteiger partial charge in [-0.3, -0.25) is 4.79 Å². The highest BCUT2D eigenvalue weighted by Crippen LogP contribution is 2.33. The first-order valence-corrected chi connectivity index (χ1v) is 7.10. The molecule has 7 heteroatoms. The van der Waals surface area contributed by atoms with Gasteiger partial charge in [0.1, 0.15) is 0 Å². The minimum Gasteiger partial charge on any atom is -0.376 e. The Morgan fingerprint density at radius 3 is 2.39 bits per heavy atom. The van der Waals surface area contributed by atoms with Gasteiger partial charge < -0.3 is 10.6 Å². The molecule has 2 rings (SSSR count). The zero-order chi connectivity index (χ0) is 17.0. The summed E-state index contributed by atoms with van der Waals surface area (Å²) in [4.78, 5) is 11.9. The average Bonchev–Trinajstić information content (AvgIpc) is 2.48. The lowest BCUT2D eigenvalue weighted by molar-refractivity contribution is -0.137. The van der Waals surface area contributed by atoms with Crippen LogP contribution in [-0.2, 0) is 11.0 Å². The normalized spacial score (nSPS) is 11.2. The molecule has 0 aliphatic rings. The van der Waals surface area contributed by atoms with Crippen LogP contribution in [0, 0.1) is 6.92 Å². The number of benzene rings is 2. The Hall–Kier alpha value is -2.21. The Morgan fingerprint density at radius 1 is 1.13 bits per heavy atom. The van der Waals surface area contributed by atoms with Crippen molar-refractivity contribution in [2.45, 2.75) is 13.1 Å². The highest BCUT2D eigenvalue weighted by molar-refractivity contribution is 6.33. The summed E-state index contributed by atoms with van der Waals surface area (Å²) >= 11 is 5.82. The van der Waals surface area contributed by atoms with Crippen molar-refractivity contribution in [3.05, 3.63) is 58.6 Å². The van der Waals surface area contributed by atoms with E-state index in [2.05, 4.69) is 10.6 Å². The Kier molecular flexibility index (Phi) is 5.15. The highest BCUT2D eigenvalue weighted by Gasteiger charge is 2.31. The van der Waals surface area contributed by atoms with Crippen LogP contribution in [0.5, 0.6) is 0 Å². The SMILES string of the molecule is Cc1ccc(NCC(=O)Nc2cc(C(F)(F)F)ccc2Cl)cc1. The van der Waals surface area contributed by atoms with E-state index in [4.69, 9.17) is 11.6 Å².